The van der Waals surface area contributed by atoms with Gasteiger partial charge in [0.1, 0.15) is 0 Å². The van der Waals surface area contributed by atoms with E-state index in [9.17, 15) is 9.59 Å². The van der Waals surface area contributed by atoms with Crippen molar-refractivity contribution in [3.05, 3.63) is 23.3 Å². The molecule has 3 nitrogen and oxygen atoms in total. The van der Waals surface area contributed by atoms with E-state index < -0.39 is 11.9 Å². The van der Waals surface area contributed by atoms with Crippen LogP contribution in [0.4, 0.5) is 0 Å². The summed E-state index contributed by atoms with van der Waals surface area (Å²) in [6, 6.07) is 0. The van der Waals surface area contributed by atoms with Gasteiger partial charge < -0.3 is 4.74 Å². The number of ether oxygens (including phenoxy) is 1. The number of hydrogen-bond acceptors (Lipinski definition) is 3. The molecule has 1 rings (SSSR count). The van der Waals surface area contributed by atoms with Crippen LogP contribution in [0.2, 0.25) is 0 Å². The molecule has 0 N–H and O–H groups in total. The van der Waals surface area contributed by atoms with Crippen molar-refractivity contribution in [3.63, 3.8) is 0 Å². The van der Waals surface area contributed by atoms with Crippen molar-refractivity contribution in [1.29, 1.82) is 0 Å². The molecule has 12 heavy (non-hydrogen) atoms. The summed E-state index contributed by atoms with van der Waals surface area (Å²) in [6.07, 6.45) is 3.61. The second-order valence-corrected chi connectivity index (χ2v) is 2.45. The minimum atomic E-state index is -0.540. The lowest BCUT2D eigenvalue weighted by molar-refractivity contribution is -0.157. The Labute approximate surface area is 70.7 Å². The van der Waals surface area contributed by atoms with Crippen molar-refractivity contribution >= 4 is 11.9 Å². The van der Waals surface area contributed by atoms with Crippen molar-refractivity contribution in [3.8, 4) is 0 Å². The normalized spacial score (nSPS) is 24.8. The molecule has 0 aliphatic carbocycles. The summed E-state index contributed by atoms with van der Waals surface area (Å²) in [7, 11) is 0. The molecule has 0 saturated carbocycles. The fourth-order valence-electron chi connectivity index (χ4n) is 1.14. The van der Waals surface area contributed by atoms with Gasteiger partial charge in [0, 0.05) is 0 Å². The van der Waals surface area contributed by atoms with E-state index in [0.717, 1.165) is 5.57 Å². The predicted molar refractivity (Wildman–Crippen MR) is 43.2 cm³/mol. The van der Waals surface area contributed by atoms with Crippen LogP contribution in [0.1, 0.15) is 20.3 Å². The molecule has 3 heteroatoms. The summed E-state index contributed by atoms with van der Waals surface area (Å²) in [5.41, 5.74) is 1.25. The average Bonchev–Trinajstić information content (AvgIpc) is 2.03. The summed E-state index contributed by atoms with van der Waals surface area (Å²) >= 11 is 0. The van der Waals surface area contributed by atoms with Crippen molar-refractivity contribution < 1.29 is 14.3 Å². The maximum atomic E-state index is 11.1. The Kier molecular flexibility index (Phi) is 2.43. The first-order chi connectivity index (χ1) is 5.69. The van der Waals surface area contributed by atoms with E-state index in [1.165, 1.54) is 0 Å². The Bertz CT molecular complexity index is 284. The van der Waals surface area contributed by atoms with Crippen molar-refractivity contribution in [1.82, 2.24) is 0 Å². The summed E-state index contributed by atoms with van der Waals surface area (Å²) in [4.78, 5) is 21.8. The Morgan fingerprint density at radius 3 is 2.42 bits per heavy atom. The molecular weight excluding hydrogens is 156 g/mol. The first-order valence-corrected chi connectivity index (χ1v) is 3.76. The van der Waals surface area contributed by atoms with Crippen LogP contribution >= 0.6 is 0 Å². The SMILES string of the molecule is CC=C1CC(=O)OC(=O)C1=CC. The third-order valence-electron chi connectivity index (χ3n) is 1.74. The lowest BCUT2D eigenvalue weighted by Gasteiger charge is -2.14. The van der Waals surface area contributed by atoms with Gasteiger partial charge >= 0.3 is 11.9 Å². The lowest BCUT2D eigenvalue weighted by Crippen LogP contribution is -2.22. The third-order valence-corrected chi connectivity index (χ3v) is 1.74. The lowest BCUT2D eigenvalue weighted by atomic mass is 10.0. The van der Waals surface area contributed by atoms with Crippen LogP contribution in [-0.2, 0) is 14.3 Å². The number of carbonyl (C=O) groups excluding carboxylic acids is 2. The van der Waals surface area contributed by atoms with Gasteiger partial charge in [-0.15, -0.1) is 0 Å². The number of cyclic esters (lactones) is 2. The number of esters is 2. The monoisotopic (exact) mass is 166 g/mol. The van der Waals surface area contributed by atoms with E-state index in [2.05, 4.69) is 4.74 Å². The average molecular weight is 166 g/mol. The van der Waals surface area contributed by atoms with E-state index in [4.69, 9.17) is 0 Å². The molecule has 1 aliphatic heterocycles. The highest BCUT2D eigenvalue weighted by Gasteiger charge is 2.25. The quantitative estimate of drug-likeness (QED) is 0.310. The van der Waals surface area contributed by atoms with Gasteiger partial charge in [-0.1, -0.05) is 12.2 Å². The highest BCUT2D eigenvalue weighted by molar-refractivity contribution is 6.04. The van der Waals surface area contributed by atoms with Crippen molar-refractivity contribution in [2.75, 3.05) is 0 Å². The summed E-state index contributed by atoms with van der Waals surface area (Å²) in [6.45, 7) is 3.54. The molecule has 0 spiro atoms. The minimum Gasteiger partial charge on any atom is -0.389 e. The van der Waals surface area contributed by atoms with E-state index in [1.807, 2.05) is 0 Å². The van der Waals surface area contributed by atoms with E-state index in [1.54, 1.807) is 26.0 Å². The van der Waals surface area contributed by atoms with E-state index in [-0.39, 0.29) is 6.42 Å². The molecule has 0 aromatic rings. The Morgan fingerprint density at radius 2 is 1.92 bits per heavy atom. The molecule has 1 saturated heterocycles. The van der Waals surface area contributed by atoms with Gasteiger partial charge in [0.25, 0.3) is 0 Å². The summed E-state index contributed by atoms with van der Waals surface area (Å²) in [5.74, 6) is -1.01. The number of hydrogen-bond donors (Lipinski definition) is 0. The molecule has 0 atom stereocenters. The highest BCUT2D eigenvalue weighted by Crippen LogP contribution is 2.21. The molecule has 64 valence electrons. The first kappa shape index (κ1) is 8.71. The van der Waals surface area contributed by atoms with Gasteiger partial charge in [-0.05, 0) is 19.4 Å². The van der Waals surface area contributed by atoms with Gasteiger partial charge in [0.2, 0.25) is 0 Å². The molecule has 1 aliphatic rings. The number of carbonyl (C=O) groups is 2. The van der Waals surface area contributed by atoms with Crippen molar-refractivity contribution in [2.45, 2.75) is 20.3 Å². The third kappa shape index (κ3) is 1.44. The summed E-state index contributed by atoms with van der Waals surface area (Å²) < 4.78 is 4.43. The van der Waals surface area contributed by atoms with Crippen LogP contribution < -0.4 is 0 Å². The Balaban J connectivity index is 3.01. The standard InChI is InChI=1S/C9H10O3/c1-3-6-5-8(10)12-9(11)7(6)4-2/h3-4H,5H2,1-2H3. The largest absolute Gasteiger partial charge is 0.389 e. The molecular formula is C9H10O3. The number of rotatable bonds is 0. The van der Waals surface area contributed by atoms with Gasteiger partial charge in [-0.2, -0.15) is 0 Å². The van der Waals surface area contributed by atoms with Crippen LogP contribution in [0, 0.1) is 0 Å². The molecule has 1 heterocycles. The molecule has 0 amide bonds. The first-order valence-electron chi connectivity index (χ1n) is 3.76. The van der Waals surface area contributed by atoms with Crippen LogP contribution in [-0.4, -0.2) is 11.9 Å². The second-order valence-electron chi connectivity index (χ2n) is 2.45. The van der Waals surface area contributed by atoms with Crippen LogP contribution in [0.5, 0.6) is 0 Å². The zero-order valence-corrected chi connectivity index (χ0v) is 7.09. The topological polar surface area (TPSA) is 43.4 Å². The van der Waals surface area contributed by atoms with E-state index in [0.29, 0.717) is 5.57 Å². The molecule has 0 aromatic heterocycles. The molecule has 0 bridgehead atoms. The van der Waals surface area contributed by atoms with Gasteiger partial charge in [0.15, 0.2) is 0 Å². The maximum absolute atomic E-state index is 11.1. The summed E-state index contributed by atoms with van der Waals surface area (Å²) in [5, 5.41) is 0. The van der Waals surface area contributed by atoms with Gasteiger partial charge in [-0.25, -0.2) is 4.79 Å². The van der Waals surface area contributed by atoms with Crippen molar-refractivity contribution in [2.24, 2.45) is 0 Å². The fourth-order valence-corrected chi connectivity index (χ4v) is 1.14. The fraction of sp³-hybridized carbons (Fsp3) is 0.333. The van der Waals surface area contributed by atoms with Crippen LogP contribution in [0.3, 0.4) is 0 Å². The van der Waals surface area contributed by atoms with Crippen LogP contribution in [0.15, 0.2) is 23.3 Å². The van der Waals surface area contributed by atoms with E-state index >= 15 is 0 Å². The number of allylic oxidation sites excluding steroid dienone is 2. The smallest absolute Gasteiger partial charge is 0.345 e. The van der Waals surface area contributed by atoms with Crippen LogP contribution in [0.25, 0.3) is 0 Å². The predicted octanol–water partition coefficient (Wildman–Crippen LogP) is 1.35. The molecule has 0 aromatic carbocycles. The Hall–Kier alpha value is -1.38. The molecule has 1 fully saturated rings. The molecule has 0 unspecified atom stereocenters. The molecule has 0 radical (unpaired) electrons. The zero-order valence-electron chi connectivity index (χ0n) is 7.09. The Morgan fingerprint density at radius 1 is 1.25 bits per heavy atom. The zero-order chi connectivity index (χ0) is 9.14. The highest BCUT2D eigenvalue weighted by atomic mass is 16.6. The van der Waals surface area contributed by atoms with Gasteiger partial charge in [-0.3, -0.25) is 4.79 Å². The second kappa shape index (κ2) is 3.34. The van der Waals surface area contributed by atoms with Gasteiger partial charge in [0.05, 0.1) is 12.0 Å². The minimum absolute atomic E-state index is 0.196. The maximum Gasteiger partial charge on any atom is 0.345 e.